The number of benzene rings is 2. The molecule has 4 rings (SSSR count). The molecule has 1 aliphatic heterocycles. The smallest absolute Gasteiger partial charge is 0.300 e. The lowest BCUT2D eigenvalue weighted by Crippen LogP contribution is -2.27. The van der Waals surface area contributed by atoms with Gasteiger partial charge in [0.15, 0.2) is 5.52 Å². The van der Waals surface area contributed by atoms with Gasteiger partial charge in [-0.3, -0.25) is 10.1 Å². The van der Waals surface area contributed by atoms with E-state index in [0.717, 1.165) is 12.2 Å². The number of rotatable bonds is 4. The number of nitrogens with zero attached hydrogens (tertiary/aromatic N) is 3. The molecule has 0 bridgehead atoms. The van der Waals surface area contributed by atoms with E-state index in [1.807, 2.05) is 18.2 Å². The molecule has 1 N–H and O–H groups in total. The van der Waals surface area contributed by atoms with E-state index in [9.17, 15) is 10.1 Å². The predicted octanol–water partition coefficient (Wildman–Crippen LogP) is 2.79. The minimum Gasteiger partial charge on any atom is -0.493 e. The molecule has 0 unspecified atom stereocenters. The van der Waals surface area contributed by atoms with Crippen LogP contribution in [0.3, 0.4) is 0 Å². The number of nitro groups is 1. The van der Waals surface area contributed by atoms with Crippen molar-refractivity contribution in [2.45, 2.75) is 6.42 Å². The van der Waals surface area contributed by atoms with Crippen LogP contribution in [-0.2, 0) is 6.42 Å². The fourth-order valence-electron chi connectivity index (χ4n) is 2.92. The number of ether oxygens (including phenoxy) is 1. The first-order valence-electron chi connectivity index (χ1n) is 7.56. The minimum atomic E-state index is -0.498. The molecule has 2 aromatic carbocycles. The average Bonchev–Trinajstić information content (AvgIpc) is 3.09. The van der Waals surface area contributed by atoms with Crippen molar-refractivity contribution >= 4 is 22.4 Å². The van der Waals surface area contributed by atoms with Crippen molar-refractivity contribution < 1.29 is 14.3 Å². The highest BCUT2D eigenvalue weighted by atomic mass is 16.6. The predicted molar refractivity (Wildman–Crippen MR) is 86.1 cm³/mol. The Morgan fingerprint density at radius 1 is 1.21 bits per heavy atom. The van der Waals surface area contributed by atoms with Gasteiger partial charge in [-0.15, -0.1) is 0 Å². The van der Waals surface area contributed by atoms with Gasteiger partial charge in [0, 0.05) is 18.5 Å². The van der Waals surface area contributed by atoms with Crippen molar-refractivity contribution in [1.29, 1.82) is 0 Å². The topological polar surface area (TPSA) is 103 Å². The van der Waals surface area contributed by atoms with Crippen LogP contribution < -0.4 is 10.1 Å². The molecule has 8 nitrogen and oxygen atoms in total. The molecule has 1 aliphatic rings. The Kier molecular flexibility index (Phi) is 3.49. The molecule has 3 aromatic rings. The highest BCUT2D eigenvalue weighted by Gasteiger charge is 2.22. The number of fused-ring (bicyclic) bond motifs is 2. The third-order valence-electron chi connectivity index (χ3n) is 4.13. The van der Waals surface area contributed by atoms with Crippen LogP contribution in [0.1, 0.15) is 5.56 Å². The van der Waals surface area contributed by atoms with Crippen molar-refractivity contribution in [2.75, 3.05) is 18.5 Å². The van der Waals surface area contributed by atoms with Crippen LogP contribution >= 0.6 is 0 Å². The van der Waals surface area contributed by atoms with Gasteiger partial charge < -0.3 is 10.1 Å². The first-order valence-corrected chi connectivity index (χ1v) is 7.56. The van der Waals surface area contributed by atoms with Gasteiger partial charge >= 0.3 is 5.69 Å². The fraction of sp³-hybridized carbons (Fsp3) is 0.250. The maximum absolute atomic E-state index is 11.0. The molecule has 0 saturated carbocycles. The number of aromatic nitrogens is 2. The molecule has 1 aromatic heterocycles. The molecule has 0 aliphatic carbocycles. The zero-order chi connectivity index (χ0) is 16.5. The average molecular weight is 326 g/mol. The molecular weight excluding hydrogens is 312 g/mol. The van der Waals surface area contributed by atoms with E-state index >= 15 is 0 Å². The molecule has 0 spiro atoms. The second kappa shape index (κ2) is 5.80. The monoisotopic (exact) mass is 326 g/mol. The lowest BCUT2D eigenvalue weighted by molar-refractivity contribution is -0.383. The SMILES string of the molecule is O=[N+]([O-])c1ccc(NC[C@@H]2COc3ccccc3C2)c2nonc12. The van der Waals surface area contributed by atoms with Gasteiger partial charge in [-0.2, -0.15) is 0 Å². The summed E-state index contributed by atoms with van der Waals surface area (Å²) in [5.41, 5.74) is 2.24. The van der Waals surface area contributed by atoms with Crippen LogP contribution in [0.4, 0.5) is 11.4 Å². The second-order valence-electron chi connectivity index (χ2n) is 5.72. The van der Waals surface area contributed by atoms with Gasteiger partial charge in [0.2, 0.25) is 5.52 Å². The zero-order valence-corrected chi connectivity index (χ0v) is 12.6. The summed E-state index contributed by atoms with van der Waals surface area (Å²) in [4.78, 5) is 10.5. The van der Waals surface area contributed by atoms with E-state index < -0.39 is 4.92 Å². The van der Waals surface area contributed by atoms with Gasteiger partial charge in [0.05, 0.1) is 17.2 Å². The van der Waals surface area contributed by atoms with Crippen LogP contribution in [-0.4, -0.2) is 28.4 Å². The van der Waals surface area contributed by atoms with E-state index in [4.69, 9.17) is 4.74 Å². The van der Waals surface area contributed by atoms with Crippen molar-refractivity contribution in [1.82, 2.24) is 10.3 Å². The Morgan fingerprint density at radius 3 is 2.92 bits per heavy atom. The maximum atomic E-state index is 11.0. The molecule has 122 valence electrons. The molecule has 2 heterocycles. The van der Waals surface area contributed by atoms with E-state index in [-0.39, 0.29) is 11.2 Å². The summed E-state index contributed by atoms with van der Waals surface area (Å²) in [7, 11) is 0. The molecule has 0 saturated heterocycles. The summed E-state index contributed by atoms with van der Waals surface area (Å²) in [5, 5.41) is 21.7. The lowest BCUT2D eigenvalue weighted by Gasteiger charge is -2.25. The molecule has 0 radical (unpaired) electrons. The quantitative estimate of drug-likeness (QED) is 0.580. The number of non-ortho nitro benzene ring substituents is 1. The van der Waals surface area contributed by atoms with Crippen molar-refractivity contribution in [3.05, 3.63) is 52.1 Å². The summed E-state index contributed by atoms with van der Waals surface area (Å²) in [6, 6.07) is 11.0. The minimum absolute atomic E-state index is 0.119. The third-order valence-corrected chi connectivity index (χ3v) is 4.13. The Bertz CT molecular complexity index is 908. The van der Waals surface area contributed by atoms with Crippen LogP contribution in [0.2, 0.25) is 0 Å². The molecular formula is C16H14N4O4. The first kappa shape index (κ1) is 14.4. The number of nitrogens with one attached hydrogen (secondary N) is 1. The molecule has 24 heavy (non-hydrogen) atoms. The zero-order valence-electron chi connectivity index (χ0n) is 12.6. The summed E-state index contributed by atoms with van der Waals surface area (Å²) in [6.07, 6.45) is 0.913. The number of anilines is 1. The van der Waals surface area contributed by atoms with Gasteiger partial charge in [-0.05, 0) is 34.4 Å². The molecule has 1 atom stereocenters. The fourth-order valence-corrected chi connectivity index (χ4v) is 2.92. The summed E-state index contributed by atoms with van der Waals surface area (Å²) in [6.45, 7) is 1.28. The Labute approximate surface area is 136 Å². The normalized spacial score (nSPS) is 16.4. The van der Waals surface area contributed by atoms with Crippen LogP contribution in [0, 0.1) is 16.0 Å². The van der Waals surface area contributed by atoms with Gasteiger partial charge in [-0.25, -0.2) is 4.63 Å². The Hall–Kier alpha value is -3.16. The Balaban J connectivity index is 1.51. The number of hydrogen-bond acceptors (Lipinski definition) is 7. The van der Waals surface area contributed by atoms with E-state index in [1.165, 1.54) is 11.6 Å². The summed E-state index contributed by atoms with van der Waals surface area (Å²) >= 11 is 0. The largest absolute Gasteiger partial charge is 0.493 e. The number of nitro benzene ring substituents is 1. The maximum Gasteiger partial charge on any atom is 0.300 e. The van der Waals surface area contributed by atoms with Crippen molar-refractivity contribution in [2.24, 2.45) is 5.92 Å². The highest BCUT2D eigenvalue weighted by molar-refractivity contribution is 5.93. The summed E-state index contributed by atoms with van der Waals surface area (Å²) < 4.78 is 10.4. The van der Waals surface area contributed by atoms with Crippen molar-refractivity contribution in [3.63, 3.8) is 0 Å². The summed E-state index contributed by atoms with van der Waals surface area (Å²) in [5.74, 6) is 1.23. The molecule has 8 heteroatoms. The van der Waals surface area contributed by atoms with Gasteiger partial charge in [-0.1, -0.05) is 18.2 Å². The van der Waals surface area contributed by atoms with E-state index in [0.29, 0.717) is 30.3 Å². The second-order valence-corrected chi connectivity index (χ2v) is 5.72. The lowest BCUT2D eigenvalue weighted by atomic mass is 9.96. The van der Waals surface area contributed by atoms with E-state index in [2.05, 4.69) is 26.3 Å². The number of hydrogen-bond donors (Lipinski definition) is 1. The Morgan fingerprint density at radius 2 is 2.04 bits per heavy atom. The van der Waals surface area contributed by atoms with E-state index in [1.54, 1.807) is 6.07 Å². The molecule has 0 fully saturated rings. The van der Waals surface area contributed by atoms with Crippen LogP contribution in [0.5, 0.6) is 5.75 Å². The highest BCUT2D eigenvalue weighted by Crippen LogP contribution is 2.30. The van der Waals surface area contributed by atoms with Crippen LogP contribution in [0.15, 0.2) is 41.0 Å². The number of para-hydroxylation sites is 1. The molecule has 0 amide bonds. The third kappa shape index (κ3) is 2.51. The van der Waals surface area contributed by atoms with Crippen LogP contribution in [0.25, 0.3) is 11.0 Å². The van der Waals surface area contributed by atoms with Gasteiger partial charge in [0.25, 0.3) is 0 Å². The van der Waals surface area contributed by atoms with Crippen molar-refractivity contribution in [3.8, 4) is 5.75 Å². The standard InChI is InChI=1S/C16H14N4O4/c21-20(22)13-6-5-12(15-16(13)19-24-18-15)17-8-10-7-11-3-1-2-4-14(11)23-9-10/h1-6,10,17H,7-9H2/t10-/m1/s1. The van der Waals surface area contributed by atoms with Gasteiger partial charge in [0.1, 0.15) is 5.75 Å². The first-order chi connectivity index (χ1) is 11.7.